The number of carbonyl (C=O) groups is 1. The molecule has 5 aromatic rings. The summed E-state index contributed by atoms with van der Waals surface area (Å²) < 4.78 is 5.58. The van der Waals surface area contributed by atoms with E-state index in [1.807, 2.05) is 68.6 Å². The number of H-pyrrole nitrogens is 1. The standard InChI is InChI=1S/C26H24N4O3S/c1-3-33-18-10-8-16(9-11-18)22-15(2)34-25-23(22)24(28-14-29-25)30-21(26(31)32)12-17-13-27-20-7-5-4-6-19(17)20/h4-11,13-14,21,27H,3,12H2,1-2H3,(H,31,32)(H,28,29,30). The number of hydrogen-bond donors (Lipinski definition) is 3. The molecule has 34 heavy (non-hydrogen) atoms. The Balaban J connectivity index is 1.53. The quantitative estimate of drug-likeness (QED) is 0.270. The Morgan fingerprint density at radius 3 is 2.74 bits per heavy atom. The minimum absolute atomic E-state index is 0.312. The molecule has 1 unspecified atom stereocenters. The lowest BCUT2D eigenvalue weighted by Crippen LogP contribution is -2.32. The van der Waals surface area contributed by atoms with Gasteiger partial charge in [0.15, 0.2) is 0 Å². The van der Waals surface area contributed by atoms with Gasteiger partial charge in [-0.25, -0.2) is 14.8 Å². The van der Waals surface area contributed by atoms with Crippen LogP contribution in [-0.4, -0.2) is 38.7 Å². The van der Waals surface area contributed by atoms with E-state index in [-0.39, 0.29) is 0 Å². The zero-order valence-electron chi connectivity index (χ0n) is 18.8. The van der Waals surface area contributed by atoms with Crippen LogP contribution in [0.1, 0.15) is 17.4 Å². The van der Waals surface area contributed by atoms with E-state index in [1.54, 1.807) is 11.3 Å². The van der Waals surface area contributed by atoms with Crippen molar-refractivity contribution in [2.45, 2.75) is 26.3 Å². The van der Waals surface area contributed by atoms with Crippen LogP contribution >= 0.6 is 11.3 Å². The fourth-order valence-corrected chi connectivity index (χ4v) is 5.28. The number of hydrogen-bond acceptors (Lipinski definition) is 6. The van der Waals surface area contributed by atoms with E-state index in [0.717, 1.165) is 48.4 Å². The molecule has 0 spiro atoms. The van der Waals surface area contributed by atoms with Crippen LogP contribution in [0.25, 0.3) is 32.2 Å². The molecule has 7 nitrogen and oxygen atoms in total. The Hall–Kier alpha value is -3.91. The van der Waals surface area contributed by atoms with Gasteiger partial charge in [0.05, 0.1) is 12.0 Å². The van der Waals surface area contributed by atoms with E-state index in [1.165, 1.54) is 6.33 Å². The van der Waals surface area contributed by atoms with Gasteiger partial charge in [0.25, 0.3) is 0 Å². The van der Waals surface area contributed by atoms with Gasteiger partial charge in [0.2, 0.25) is 0 Å². The molecule has 0 bridgehead atoms. The molecule has 0 saturated heterocycles. The molecule has 3 N–H and O–H groups in total. The minimum atomic E-state index is -0.938. The summed E-state index contributed by atoms with van der Waals surface area (Å²) in [6, 6.07) is 14.9. The summed E-state index contributed by atoms with van der Waals surface area (Å²) in [6.07, 6.45) is 3.66. The molecule has 8 heteroatoms. The Bertz CT molecular complexity index is 1470. The molecular formula is C26H24N4O3S. The lowest BCUT2D eigenvalue weighted by Gasteiger charge is -2.16. The monoisotopic (exact) mass is 472 g/mol. The van der Waals surface area contributed by atoms with Gasteiger partial charge in [0.1, 0.15) is 28.8 Å². The highest BCUT2D eigenvalue weighted by molar-refractivity contribution is 7.19. The number of aromatic amines is 1. The molecule has 3 aromatic heterocycles. The van der Waals surface area contributed by atoms with E-state index in [9.17, 15) is 9.90 Å². The fourth-order valence-electron chi connectivity index (χ4n) is 4.27. The molecule has 3 heterocycles. The predicted molar refractivity (Wildman–Crippen MR) is 136 cm³/mol. The number of aliphatic carboxylic acids is 1. The number of benzene rings is 2. The van der Waals surface area contributed by atoms with Gasteiger partial charge < -0.3 is 20.1 Å². The van der Waals surface area contributed by atoms with Gasteiger partial charge in [-0.15, -0.1) is 11.3 Å². The number of thiophene rings is 1. The Morgan fingerprint density at radius 2 is 1.97 bits per heavy atom. The van der Waals surface area contributed by atoms with Crippen LogP contribution < -0.4 is 10.1 Å². The number of rotatable bonds is 8. The average molecular weight is 473 g/mol. The van der Waals surface area contributed by atoms with Crippen LogP contribution in [0.4, 0.5) is 5.82 Å². The number of ether oxygens (including phenoxy) is 1. The van der Waals surface area contributed by atoms with Crippen molar-refractivity contribution in [3.63, 3.8) is 0 Å². The van der Waals surface area contributed by atoms with Gasteiger partial charge in [-0.1, -0.05) is 30.3 Å². The predicted octanol–water partition coefficient (Wildman–Crippen LogP) is 5.65. The van der Waals surface area contributed by atoms with Crippen molar-refractivity contribution in [2.75, 3.05) is 11.9 Å². The van der Waals surface area contributed by atoms with Crippen molar-refractivity contribution < 1.29 is 14.6 Å². The molecule has 1 atom stereocenters. The number of nitrogens with one attached hydrogen (secondary N) is 2. The molecule has 2 aromatic carbocycles. The van der Waals surface area contributed by atoms with Crippen LogP contribution in [0.2, 0.25) is 0 Å². The van der Waals surface area contributed by atoms with E-state index in [2.05, 4.69) is 20.3 Å². The van der Waals surface area contributed by atoms with Gasteiger partial charge in [-0.05, 0) is 43.2 Å². The second-order valence-corrected chi connectivity index (χ2v) is 9.20. The van der Waals surface area contributed by atoms with Crippen molar-refractivity contribution in [3.05, 3.63) is 71.5 Å². The molecule has 0 fully saturated rings. The summed E-state index contributed by atoms with van der Waals surface area (Å²) in [5, 5.41) is 15.1. The zero-order chi connectivity index (χ0) is 23.7. The lowest BCUT2D eigenvalue weighted by atomic mass is 10.0. The molecule has 0 aliphatic rings. The third-order valence-corrected chi connectivity index (χ3v) is 6.84. The highest BCUT2D eigenvalue weighted by Crippen LogP contribution is 2.41. The fraction of sp³-hybridized carbons (Fsp3) is 0.192. The summed E-state index contributed by atoms with van der Waals surface area (Å²) in [6.45, 7) is 4.60. The maximum atomic E-state index is 12.2. The average Bonchev–Trinajstić information content (AvgIpc) is 3.40. The maximum absolute atomic E-state index is 12.2. The van der Waals surface area contributed by atoms with Crippen LogP contribution in [0.15, 0.2) is 61.1 Å². The largest absolute Gasteiger partial charge is 0.494 e. The van der Waals surface area contributed by atoms with Gasteiger partial charge >= 0.3 is 5.97 Å². The van der Waals surface area contributed by atoms with E-state index >= 15 is 0 Å². The molecule has 5 rings (SSSR count). The SMILES string of the molecule is CCOc1ccc(-c2c(C)sc3ncnc(NC(Cc4c[nH]c5ccccc45)C(=O)O)c23)cc1. The number of para-hydroxylation sites is 1. The second kappa shape index (κ2) is 9.15. The first-order chi connectivity index (χ1) is 16.5. The molecule has 172 valence electrons. The summed E-state index contributed by atoms with van der Waals surface area (Å²) in [7, 11) is 0. The first kappa shape index (κ1) is 21.9. The normalized spacial score (nSPS) is 12.2. The topological polar surface area (TPSA) is 100 Å². The molecule has 0 aliphatic carbocycles. The van der Waals surface area contributed by atoms with Crippen LogP contribution in [0.3, 0.4) is 0 Å². The molecule has 0 amide bonds. The summed E-state index contributed by atoms with van der Waals surface area (Å²) in [5.74, 6) is 0.389. The molecular weight excluding hydrogens is 448 g/mol. The Kier molecular flexibility index (Phi) is 5.90. The summed E-state index contributed by atoms with van der Waals surface area (Å²) in [5.41, 5.74) is 3.93. The van der Waals surface area contributed by atoms with Crippen LogP contribution in [-0.2, 0) is 11.2 Å². The number of aryl methyl sites for hydroxylation is 1. The van der Waals surface area contributed by atoms with Gasteiger partial charge in [-0.2, -0.15) is 0 Å². The van der Waals surface area contributed by atoms with E-state index in [4.69, 9.17) is 4.74 Å². The smallest absolute Gasteiger partial charge is 0.326 e. The summed E-state index contributed by atoms with van der Waals surface area (Å²) >= 11 is 1.57. The van der Waals surface area contributed by atoms with Crippen molar-refractivity contribution >= 4 is 44.2 Å². The van der Waals surface area contributed by atoms with Crippen molar-refractivity contribution in [3.8, 4) is 16.9 Å². The van der Waals surface area contributed by atoms with E-state index < -0.39 is 12.0 Å². The third kappa shape index (κ3) is 4.08. The number of aromatic nitrogens is 3. The zero-order valence-corrected chi connectivity index (χ0v) is 19.6. The number of carboxylic acids is 1. The third-order valence-electron chi connectivity index (χ3n) is 5.83. The number of carboxylic acid groups (broad SMARTS) is 1. The minimum Gasteiger partial charge on any atom is -0.494 e. The lowest BCUT2D eigenvalue weighted by molar-refractivity contribution is -0.137. The van der Waals surface area contributed by atoms with Crippen molar-refractivity contribution in [2.24, 2.45) is 0 Å². The maximum Gasteiger partial charge on any atom is 0.326 e. The summed E-state index contributed by atoms with van der Waals surface area (Å²) in [4.78, 5) is 26.3. The van der Waals surface area contributed by atoms with Crippen LogP contribution in [0, 0.1) is 6.92 Å². The second-order valence-electron chi connectivity index (χ2n) is 7.99. The molecule has 0 radical (unpaired) electrons. The van der Waals surface area contributed by atoms with Gasteiger partial charge in [-0.3, -0.25) is 0 Å². The molecule has 0 saturated carbocycles. The highest BCUT2D eigenvalue weighted by atomic mass is 32.1. The first-order valence-corrected chi connectivity index (χ1v) is 11.9. The molecule has 0 aliphatic heterocycles. The van der Waals surface area contributed by atoms with Crippen molar-refractivity contribution in [1.82, 2.24) is 15.0 Å². The van der Waals surface area contributed by atoms with Crippen molar-refractivity contribution in [1.29, 1.82) is 0 Å². The van der Waals surface area contributed by atoms with Crippen LogP contribution in [0.5, 0.6) is 5.75 Å². The highest BCUT2D eigenvalue weighted by Gasteiger charge is 2.24. The van der Waals surface area contributed by atoms with E-state index in [0.29, 0.717) is 18.8 Å². The number of fused-ring (bicyclic) bond motifs is 2. The Labute approximate surface area is 200 Å². The Morgan fingerprint density at radius 1 is 1.18 bits per heavy atom. The first-order valence-electron chi connectivity index (χ1n) is 11.1. The number of anilines is 1. The number of nitrogens with zero attached hydrogens (tertiary/aromatic N) is 2. The van der Waals surface area contributed by atoms with Gasteiger partial charge in [0, 0.05) is 34.0 Å².